The van der Waals surface area contributed by atoms with E-state index in [4.69, 9.17) is 4.74 Å². The summed E-state index contributed by atoms with van der Waals surface area (Å²) in [5.74, 6) is -0.548. The van der Waals surface area contributed by atoms with Gasteiger partial charge >= 0.3 is 5.97 Å². The number of hydrogen-bond donors (Lipinski definition) is 1. The first kappa shape index (κ1) is 15.0. The highest BCUT2D eigenvalue weighted by molar-refractivity contribution is 5.89. The first-order valence-electron chi connectivity index (χ1n) is 6.86. The summed E-state index contributed by atoms with van der Waals surface area (Å²) in [6.45, 7) is 4.62. The zero-order valence-corrected chi connectivity index (χ0v) is 12.2. The van der Waals surface area contributed by atoms with Gasteiger partial charge < -0.3 is 10.1 Å². The number of nitrogens with one attached hydrogen (secondary N) is 1. The van der Waals surface area contributed by atoms with Gasteiger partial charge in [-0.1, -0.05) is 6.07 Å². The number of esters is 1. The lowest BCUT2D eigenvalue weighted by molar-refractivity contribution is 0.0526. The Kier molecular flexibility index (Phi) is 4.93. The Bertz CT molecular complexity index is 623. The molecule has 0 bridgehead atoms. The lowest BCUT2D eigenvalue weighted by Crippen LogP contribution is -2.05. The van der Waals surface area contributed by atoms with Gasteiger partial charge in [-0.15, -0.1) is 0 Å². The molecule has 0 spiro atoms. The highest BCUT2D eigenvalue weighted by atomic mass is 19.1. The maximum Gasteiger partial charge on any atom is 0.338 e. The van der Waals surface area contributed by atoms with E-state index in [1.165, 1.54) is 12.1 Å². The van der Waals surface area contributed by atoms with E-state index >= 15 is 0 Å². The Hall–Kier alpha value is -2.36. The summed E-state index contributed by atoms with van der Waals surface area (Å²) < 4.78 is 18.0. The molecule has 2 aromatic rings. The number of rotatable bonds is 5. The van der Waals surface area contributed by atoms with Gasteiger partial charge in [0.1, 0.15) is 5.82 Å². The molecule has 21 heavy (non-hydrogen) atoms. The minimum Gasteiger partial charge on any atom is -0.462 e. The predicted octanol–water partition coefficient (Wildman–Crippen LogP) is 3.92. The summed E-state index contributed by atoms with van der Waals surface area (Å²) in [4.78, 5) is 11.5. The van der Waals surface area contributed by atoms with Crippen LogP contribution in [0.3, 0.4) is 0 Å². The lowest BCUT2D eigenvalue weighted by Gasteiger charge is -2.10. The third-order valence-electron chi connectivity index (χ3n) is 3.18. The molecular formula is C17H18FNO2. The monoisotopic (exact) mass is 287 g/mol. The third kappa shape index (κ3) is 4.05. The Morgan fingerprint density at radius 2 is 1.90 bits per heavy atom. The molecule has 0 saturated heterocycles. The van der Waals surface area contributed by atoms with E-state index < -0.39 is 0 Å². The Balaban J connectivity index is 1.99. The molecule has 0 fully saturated rings. The first-order valence-corrected chi connectivity index (χ1v) is 6.86. The Labute approximate surface area is 123 Å². The van der Waals surface area contributed by atoms with Gasteiger partial charge in [0.15, 0.2) is 0 Å². The van der Waals surface area contributed by atoms with E-state index in [2.05, 4.69) is 5.32 Å². The number of hydrogen-bond acceptors (Lipinski definition) is 3. The van der Waals surface area contributed by atoms with Gasteiger partial charge in [0.05, 0.1) is 12.2 Å². The van der Waals surface area contributed by atoms with Gasteiger partial charge in [-0.2, -0.15) is 0 Å². The van der Waals surface area contributed by atoms with Crippen LogP contribution >= 0.6 is 0 Å². The van der Waals surface area contributed by atoms with Gasteiger partial charge in [-0.05, 0) is 61.4 Å². The highest BCUT2D eigenvalue weighted by Gasteiger charge is 2.05. The van der Waals surface area contributed by atoms with Crippen LogP contribution in [0.4, 0.5) is 10.1 Å². The Morgan fingerprint density at radius 3 is 2.52 bits per heavy atom. The van der Waals surface area contributed by atoms with Crippen molar-refractivity contribution in [3.8, 4) is 0 Å². The molecular weight excluding hydrogens is 269 g/mol. The molecule has 0 heterocycles. The quantitative estimate of drug-likeness (QED) is 0.847. The summed E-state index contributed by atoms with van der Waals surface area (Å²) >= 11 is 0. The maximum atomic E-state index is 13.0. The molecule has 0 aliphatic heterocycles. The molecule has 3 nitrogen and oxygen atoms in total. The van der Waals surface area contributed by atoms with Crippen LogP contribution in [-0.4, -0.2) is 12.6 Å². The molecule has 0 radical (unpaired) electrons. The smallest absolute Gasteiger partial charge is 0.338 e. The third-order valence-corrected chi connectivity index (χ3v) is 3.18. The maximum absolute atomic E-state index is 13.0. The molecule has 0 aromatic heterocycles. The number of carbonyl (C=O) groups is 1. The van der Waals surface area contributed by atoms with Crippen LogP contribution in [0.15, 0.2) is 42.5 Å². The molecule has 110 valence electrons. The van der Waals surface area contributed by atoms with E-state index in [0.717, 1.165) is 16.8 Å². The zero-order chi connectivity index (χ0) is 15.2. The fourth-order valence-corrected chi connectivity index (χ4v) is 1.99. The lowest BCUT2D eigenvalue weighted by atomic mass is 10.1. The number of benzene rings is 2. The van der Waals surface area contributed by atoms with Crippen molar-refractivity contribution >= 4 is 11.7 Å². The number of carbonyl (C=O) groups excluding carboxylic acids is 1. The average Bonchev–Trinajstić information content (AvgIpc) is 2.47. The van der Waals surface area contributed by atoms with Gasteiger partial charge in [0.25, 0.3) is 0 Å². The van der Waals surface area contributed by atoms with Gasteiger partial charge in [-0.3, -0.25) is 0 Å². The van der Waals surface area contributed by atoms with Crippen LogP contribution in [0.25, 0.3) is 0 Å². The molecule has 2 rings (SSSR count). The van der Waals surface area contributed by atoms with Crippen molar-refractivity contribution in [3.63, 3.8) is 0 Å². The molecule has 0 aliphatic rings. The van der Waals surface area contributed by atoms with Crippen molar-refractivity contribution in [1.29, 1.82) is 0 Å². The van der Waals surface area contributed by atoms with Crippen LogP contribution in [0.1, 0.15) is 28.4 Å². The summed E-state index contributed by atoms with van der Waals surface area (Å²) in [5.41, 5.74) is 3.36. The number of anilines is 1. The van der Waals surface area contributed by atoms with Gasteiger partial charge in [0, 0.05) is 12.2 Å². The van der Waals surface area contributed by atoms with Crippen molar-refractivity contribution in [2.75, 3.05) is 11.9 Å². The van der Waals surface area contributed by atoms with E-state index in [0.29, 0.717) is 18.7 Å². The molecule has 0 saturated carbocycles. The summed E-state index contributed by atoms with van der Waals surface area (Å²) in [6.07, 6.45) is 0. The molecule has 1 N–H and O–H groups in total. The number of halogens is 1. The van der Waals surface area contributed by atoms with Crippen LogP contribution in [0.2, 0.25) is 0 Å². The zero-order valence-electron chi connectivity index (χ0n) is 12.2. The fourth-order valence-electron chi connectivity index (χ4n) is 1.99. The van der Waals surface area contributed by atoms with Crippen molar-refractivity contribution in [2.24, 2.45) is 0 Å². The van der Waals surface area contributed by atoms with Crippen molar-refractivity contribution < 1.29 is 13.9 Å². The summed E-state index contributed by atoms with van der Waals surface area (Å²) in [5, 5.41) is 3.24. The molecule has 0 amide bonds. The van der Waals surface area contributed by atoms with Crippen LogP contribution in [0.5, 0.6) is 0 Å². The second-order valence-corrected chi connectivity index (χ2v) is 4.72. The largest absolute Gasteiger partial charge is 0.462 e. The second kappa shape index (κ2) is 6.88. The Morgan fingerprint density at radius 1 is 1.19 bits per heavy atom. The molecule has 0 aliphatic carbocycles. The van der Waals surface area contributed by atoms with Crippen molar-refractivity contribution in [3.05, 3.63) is 65.0 Å². The normalized spacial score (nSPS) is 10.2. The average molecular weight is 287 g/mol. The summed E-state index contributed by atoms with van der Waals surface area (Å²) in [7, 11) is 0. The standard InChI is InChI=1S/C17H18FNO2/c1-3-21-17(20)13-5-8-16(9-6-13)19-11-14-4-7-15(18)10-12(14)2/h4-10,19H,3,11H2,1-2H3. The van der Waals surface area contributed by atoms with Crippen LogP contribution in [-0.2, 0) is 11.3 Å². The molecule has 2 aromatic carbocycles. The van der Waals surface area contributed by atoms with Crippen LogP contribution < -0.4 is 5.32 Å². The first-order chi connectivity index (χ1) is 10.1. The minimum atomic E-state index is -0.321. The van der Waals surface area contributed by atoms with Crippen molar-refractivity contribution in [1.82, 2.24) is 0 Å². The predicted molar refractivity (Wildman–Crippen MR) is 80.9 cm³/mol. The topological polar surface area (TPSA) is 38.3 Å². The second-order valence-electron chi connectivity index (χ2n) is 4.72. The molecule has 4 heteroatoms. The van der Waals surface area contributed by atoms with Gasteiger partial charge in [0.2, 0.25) is 0 Å². The SMILES string of the molecule is CCOC(=O)c1ccc(NCc2ccc(F)cc2C)cc1. The van der Waals surface area contributed by atoms with Crippen LogP contribution in [0, 0.1) is 12.7 Å². The summed E-state index contributed by atoms with van der Waals surface area (Å²) in [6, 6.07) is 11.8. The van der Waals surface area contributed by atoms with E-state index in [-0.39, 0.29) is 11.8 Å². The van der Waals surface area contributed by atoms with Crippen molar-refractivity contribution in [2.45, 2.75) is 20.4 Å². The number of ether oxygens (including phenoxy) is 1. The fraction of sp³-hybridized carbons (Fsp3) is 0.235. The van der Waals surface area contributed by atoms with E-state index in [1.54, 1.807) is 25.1 Å². The number of aryl methyl sites for hydroxylation is 1. The van der Waals surface area contributed by atoms with Gasteiger partial charge in [-0.25, -0.2) is 9.18 Å². The highest BCUT2D eigenvalue weighted by Crippen LogP contribution is 2.15. The minimum absolute atomic E-state index is 0.227. The molecule has 0 atom stereocenters. The van der Waals surface area contributed by atoms with E-state index in [1.807, 2.05) is 19.1 Å². The molecule has 0 unspecified atom stereocenters. The van der Waals surface area contributed by atoms with E-state index in [9.17, 15) is 9.18 Å².